The first-order valence-electron chi connectivity index (χ1n) is 7.87. The summed E-state index contributed by atoms with van der Waals surface area (Å²) in [6, 6.07) is 7.22. The molecule has 7 heteroatoms. The summed E-state index contributed by atoms with van der Waals surface area (Å²) in [6.45, 7) is 5.76. The van der Waals surface area contributed by atoms with Crippen LogP contribution < -0.4 is 14.9 Å². The molecule has 1 N–H and O–H groups in total. The van der Waals surface area contributed by atoms with E-state index in [0.29, 0.717) is 27.1 Å². The molecule has 2 aromatic rings. The molecule has 0 heterocycles. The van der Waals surface area contributed by atoms with Crippen LogP contribution in [0.15, 0.2) is 29.4 Å². The first-order valence-corrected chi connectivity index (χ1v) is 8.63. The van der Waals surface area contributed by atoms with Crippen LogP contribution in [0.2, 0.25) is 10.0 Å². The maximum absolute atomic E-state index is 12.0. The predicted molar refractivity (Wildman–Crippen MR) is 105 cm³/mol. The van der Waals surface area contributed by atoms with Gasteiger partial charge in [0.15, 0.2) is 6.61 Å². The van der Waals surface area contributed by atoms with Crippen LogP contribution in [0.5, 0.6) is 11.5 Å². The third-order valence-corrected chi connectivity index (χ3v) is 4.09. The zero-order valence-electron chi connectivity index (χ0n) is 15.0. The van der Waals surface area contributed by atoms with Gasteiger partial charge >= 0.3 is 0 Å². The number of hydrogen-bond donors (Lipinski definition) is 1. The summed E-state index contributed by atoms with van der Waals surface area (Å²) in [5.74, 6) is 0.752. The van der Waals surface area contributed by atoms with Gasteiger partial charge in [0.1, 0.15) is 11.5 Å². The number of nitrogens with zero attached hydrogens (tertiary/aromatic N) is 1. The number of methoxy groups -OCH3 is 1. The van der Waals surface area contributed by atoms with E-state index in [4.69, 9.17) is 32.7 Å². The second-order valence-electron chi connectivity index (χ2n) is 5.82. The van der Waals surface area contributed by atoms with Crippen LogP contribution in [-0.2, 0) is 4.79 Å². The zero-order chi connectivity index (χ0) is 19.3. The third-order valence-electron chi connectivity index (χ3n) is 3.59. The second kappa shape index (κ2) is 8.92. The molecule has 2 rings (SSSR count). The lowest BCUT2D eigenvalue weighted by Gasteiger charge is -2.12. The Labute approximate surface area is 162 Å². The summed E-state index contributed by atoms with van der Waals surface area (Å²) in [5, 5.41) is 4.71. The van der Waals surface area contributed by atoms with Gasteiger partial charge in [0.25, 0.3) is 5.91 Å². The van der Waals surface area contributed by atoms with Crippen LogP contribution in [0, 0.1) is 20.8 Å². The molecule has 0 spiro atoms. The van der Waals surface area contributed by atoms with E-state index in [2.05, 4.69) is 10.5 Å². The van der Waals surface area contributed by atoms with E-state index in [1.54, 1.807) is 12.1 Å². The molecule has 0 aliphatic carbocycles. The second-order valence-corrected chi connectivity index (χ2v) is 6.66. The highest BCUT2D eigenvalue weighted by atomic mass is 35.5. The van der Waals surface area contributed by atoms with Gasteiger partial charge in [-0.1, -0.05) is 40.9 Å². The highest BCUT2D eigenvalue weighted by Crippen LogP contribution is 2.31. The van der Waals surface area contributed by atoms with E-state index in [-0.39, 0.29) is 12.5 Å². The number of rotatable bonds is 6. The van der Waals surface area contributed by atoms with Crippen molar-refractivity contribution < 1.29 is 14.3 Å². The van der Waals surface area contributed by atoms with Crippen LogP contribution in [0.1, 0.15) is 22.3 Å². The minimum Gasteiger partial charge on any atom is -0.495 e. The summed E-state index contributed by atoms with van der Waals surface area (Å²) in [4.78, 5) is 12.0. The summed E-state index contributed by atoms with van der Waals surface area (Å²) >= 11 is 12.0. The maximum atomic E-state index is 12.0. The molecule has 0 unspecified atom stereocenters. The quantitative estimate of drug-likeness (QED) is 0.581. The molecule has 0 aromatic heterocycles. The average molecular weight is 395 g/mol. The maximum Gasteiger partial charge on any atom is 0.277 e. The molecular weight excluding hydrogens is 375 g/mol. The van der Waals surface area contributed by atoms with Gasteiger partial charge in [-0.25, -0.2) is 5.43 Å². The minimum atomic E-state index is -0.382. The monoisotopic (exact) mass is 394 g/mol. The molecule has 1 amide bonds. The number of carbonyl (C=O) groups excluding carboxylic acids is 1. The normalized spacial score (nSPS) is 10.8. The van der Waals surface area contributed by atoms with Crippen LogP contribution in [0.3, 0.4) is 0 Å². The molecular formula is C19H20Cl2N2O3. The van der Waals surface area contributed by atoms with Crippen molar-refractivity contribution in [3.05, 3.63) is 56.6 Å². The lowest BCUT2D eigenvalue weighted by molar-refractivity contribution is -0.123. The number of aryl methyl sites for hydroxylation is 3. The fraction of sp³-hybridized carbons (Fsp3) is 0.263. The molecule has 2 aromatic carbocycles. The van der Waals surface area contributed by atoms with E-state index in [9.17, 15) is 4.79 Å². The van der Waals surface area contributed by atoms with Gasteiger partial charge in [-0.3, -0.25) is 4.79 Å². The molecule has 0 aliphatic rings. The average Bonchev–Trinajstić information content (AvgIpc) is 2.53. The summed E-state index contributed by atoms with van der Waals surface area (Å²) in [5.41, 5.74) is 6.07. The molecule has 0 bridgehead atoms. The van der Waals surface area contributed by atoms with E-state index in [1.165, 1.54) is 13.3 Å². The summed E-state index contributed by atoms with van der Waals surface area (Å²) < 4.78 is 10.8. The summed E-state index contributed by atoms with van der Waals surface area (Å²) in [6.07, 6.45) is 1.41. The summed E-state index contributed by atoms with van der Waals surface area (Å²) in [7, 11) is 1.49. The predicted octanol–water partition coefficient (Wildman–Crippen LogP) is 4.46. The lowest BCUT2D eigenvalue weighted by atomic mass is 10.1. The number of nitrogens with one attached hydrogen (secondary N) is 1. The molecule has 5 nitrogen and oxygen atoms in total. The van der Waals surface area contributed by atoms with Gasteiger partial charge in [-0.2, -0.15) is 5.10 Å². The van der Waals surface area contributed by atoms with Crippen molar-refractivity contribution in [2.75, 3.05) is 13.7 Å². The van der Waals surface area contributed by atoms with Gasteiger partial charge in [-0.05, 0) is 44.0 Å². The topological polar surface area (TPSA) is 59.9 Å². The first kappa shape index (κ1) is 20.1. The Kier molecular flexibility index (Phi) is 6.89. The van der Waals surface area contributed by atoms with Crippen molar-refractivity contribution in [1.82, 2.24) is 5.43 Å². The Morgan fingerprint density at radius 3 is 2.38 bits per heavy atom. The molecule has 138 valence electrons. The lowest BCUT2D eigenvalue weighted by Crippen LogP contribution is -2.25. The highest BCUT2D eigenvalue weighted by molar-refractivity contribution is 6.36. The Bertz CT molecular complexity index is 828. The Morgan fingerprint density at radius 2 is 1.77 bits per heavy atom. The van der Waals surface area contributed by atoms with Gasteiger partial charge in [0, 0.05) is 10.6 Å². The van der Waals surface area contributed by atoms with Gasteiger partial charge < -0.3 is 9.47 Å². The number of amides is 1. The van der Waals surface area contributed by atoms with Crippen LogP contribution >= 0.6 is 23.2 Å². The van der Waals surface area contributed by atoms with Crippen molar-refractivity contribution in [3.63, 3.8) is 0 Å². The highest BCUT2D eigenvalue weighted by Gasteiger charge is 2.10. The van der Waals surface area contributed by atoms with Crippen molar-refractivity contribution in [2.24, 2.45) is 5.10 Å². The molecule has 26 heavy (non-hydrogen) atoms. The van der Waals surface area contributed by atoms with Gasteiger partial charge in [0.2, 0.25) is 0 Å². The third kappa shape index (κ3) is 5.13. The van der Waals surface area contributed by atoms with E-state index in [1.807, 2.05) is 32.9 Å². The number of carbonyl (C=O) groups is 1. The van der Waals surface area contributed by atoms with Crippen molar-refractivity contribution in [2.45, 2.75) is 20.8 Å². The number of benzene rings is 2. The smallest absolute Gasteiger partial charge is 0.277 e. The Morgan fingerprint density at radius 1 is 1.12 bits per heavy atom. The van der Waals surface area contributed by atoms with Crippen molar-refractivity contribution >= 4 is 35.3 Å². The molecule has 0 aliphatic heterocycles. The van der Waals surface area contributed by atoms with Crippen LogP contribution in [-0.4, -0.2) is 25.8 Å². The van der Waals surface area contributed by atoms with Crippen molar-refractivity contribution in [1.29, 1.82) is 0 Å². The van der Waals surface area contributed by atoms with Crippen LogP contribution in [0.4, 0.5) is 0 Å². The van der Waals surface area contributed by atoms with Crippen molar-refractivity contribution in [3.8, 4) is 11.5 Å². The molecule has 0 saturated carbocycles. The molecule has 0 radical (unpaired) electrons. The Hall–Kier alpha value is -2.24. The van der Waals surface area contributed by atoms with E-state index < -0.39 is 0 Å². The number of hydrogen-bond acceptors (Lipinski definition) is 4. The number of halogens is 2. The fourth-order valence-corrected chi connectivity index (χ4v) is 3.22. The van der Waals surface area contributed by atoms with Gasteiger partial charge in [0.05, 0.1) is 18.3 Å². The van der Waals surface area contributed by atoms with E-state index >= 15 is 0 Å². The fourth-order valence-electron chi connectivity index (χ4n) is 2.63. The minimum absolute atomic E-state index is 0.143. The molecule has 0 saturated heterocycles. The van der Waals surface area contributed by atoms with Crippen LogP contribution in [0.25, 0.3) is 0 Å². The standard InChI is InChI=1S/C19H20Cl2N2O3/c1-11-5-12(2)18(13(3)6-11)26-10-17(24)23-22-9-14-7-15(20)8-16(21)19(14)25-4/h5-9H,10H2,1-4H3,(H,23,24)/b22-9+. The number of ether oxygens (including phenoxy) is 2. The first-order chi connectivity index (χ1) is 12.3. The van der Waals surface area contributed by atoms with Gasteiger partial charge in [-0.15, -0.1) is 0 Å². The number of hydrazone groups is 1. The zero-order valence-corrected chi connectivity index (χ0v) is 16.5. The Balaban J connectivity index is 1.99. The molecule has 0 atom stereocenters. The molecule has 0 fully saturated rings. The van der Waals surface area contributed by atoms with E-state index in [0.717, 1.165) is 16.7 Å². The SMILES string of the molecule is COc1c(Cl)cc(Cl)cc1/C=N/NC(=O)COc1c(C)cc(C)cc1C. The largest absolute Gasteiger partial charge is 0.495 e.